The summed E-state index contributed by atoms with van der Waals surface area (Å²) < 4.78 is 5.44. The van der Waals surface area contributed by atoms with E-state index in [1.165, 1.54) is 5.56 Å². The largest absolute Gasteiger partial charge is 0.497 e. The van der Waals surface area contributed by atoms with E-state index in [2.05, 4.69) is 38.2 Å². The molecule has 0 saturated heterocycles. The molecule has 0 aliphatic heterocycles. The van der Waals surface area contributed by atoms with Crippen molar-refractivity contribution in [2.24, 2.45) is 0 Å². The molecule has 98 valence electrons. The number of benzene rings is 1. The molecular weight excluding hydrogens is 254 g/mol. The van der Waals surface area contributed by atoms with Gasteiger partial charge in [0.15, 0.2) is 0 Å². The topological polar surface area (TPSA) is 21.3 Å². The van der Waals surface area contributed by atoms with E-state index in [1.807, 2.05) is 23.9 Å². The molecule has 0 saturated carbocycles. The number of halogens is 1. The van der Waals surface area contributed by atoms with Crippen molar-refractivity contribution in [3.05, 3.63) is 29.8 Å². The lowest BCUT2D eigenvalue weighted by Gasteiger charge is -2.17. The SMILES string of the molecule is COc1ccc(CNCSC(C)(C)C)cc1.Cl. The highest BCUT2D eigenvalue weighted by Gasteiger charge is 2.09. The van der Waals surface area contributed by atoms with Crippen molar-refractivity contribution < 1.29 is 4.74 Å². The predicted octanol–water partition coefficient (Wildman–Crippen LogP) is 3.70. The molecule has 0 aromatic heterocycles. The fourth-order valence-electron chi connectivity index (χ4n) is 1.21. The van der Waals surface area contributed by atoms with Crippen molar-refractivity contribution in [2.45, 2.75) is 32.1 Å². The number of rotatable bonds is 5. The summed E-state index contributed by atoms with van der Waals surface area (Å²) in [5, 5.41) is 3.42. The Morgan fingerprint density at radius 3 is 2.24 bits per heavy atom. The van der Waals surface area contributed by atoms with Crippen LogP contribution in [0.5, 0.6) is 5.75 Å². The van der Waals surface area contributed by atoms with Gasteiger partial charge < -0.3 is 10.1 Å². The Hall–Kier alpha value is -0.380. The van der Waals surface area contributed by atoms with Crippen molar-refractivity contribution in [1.29, 1.82) is 0 Å². The van der Waals surface area contributed by atoms with E-state index < -0.39 is 0 Å². The van der Waals surface area contributed by atoms with Gasteiger partial charge in [-0.3, -0.25) is 0 Å². The van der Waals surface area contributed by atoms with Crippen LogP contribution in [-0.4, -0.2) is 17.7 Å². The third-order valence-electron chi connectivity index (χ3n) is 2.10. The zero-order valence-corrected chi connectivity index (χ0v) is 12.6. The molecule has 1 aromatic carbocycles. The van der Waals surface area contributed by atoms with Gasteiger partial charge >= 0.3 is 0 Å². The summed E-state index contributed by atoms with van der Waals surface area (Å²) in [6, 6.07) is 8.17. The normalized spacial score (nSPS) is 10.8. The number of methoxy groups -OCH3 is 1. The minimum Gasteiger partial charge on any atom is -0.497 e. The van der Waals surface area contributed by atoms with Crippen LogP contribution in [-0.2, 0) is 6.54 Å². The third-order valence-corrected chi connectivity index (χ3v) is 3.31. The van der Waals surface area contributed by atoms with Crippen molar-refractivity contribution in [1.82, 2.24) is 5.32 Å². The Bertz CT molecular complexity index is 308. The fourth-order valence-corrected chi connectivity index (χ4v) is 1.84. The van der Waals surface area contributed by atoms with E-state index in [-0.39, 0.29) is 12.4 Å². The van der Waals surface area contributed by atoms with E-state index in [0.29, 0.717) is 4.75 Å². The van der Waals surface area contributed by atoms with Crippen LogP contribution in [0.3, 0.4) is 0 Å². The molecule has 0 radical (unpaired) electrons. The second-order valence-corrected chi connectivity index (χ2v) is 6.48. The lowest BCUT2D eigenvalue weighted by atomic mass is 10.2. The molecule has 0 aliphatic carbocycles. The molecule has 17 heavy (non-hydrogen) atoms. The summed E-state index contributed by atoms with van der Waals surface area (Å²) >= 11 is 1.92. The van der Waals surface area contributed by atoms with Crippen molar-refractivity contribution >= 4 is 24.2 Å². The van der Waals surface area contributed by atoms with Crippen molar-refractivity contribution in [3.63, 3.8) is 0 Å². The maximum absolute atomic E-state index is 5.11. The van der Waals surface area contributed by atoms with E-state index in [0.717, 1.165) is 18.2 Å². The molecule has 1 rings (SSSR count). The highest BCUT2D eigenvalue weighted by atomic mass is 35.5. The predicted molar refractivity (Wildman–Crippen MR) is 79.3 cm³/mol. The van der Waals surface area contributed by atoms with Gasteiger partial charge in [-0.25, -0.2) is 0 Å². The maximum Gasteiger partial charge on any atom is 0.118 e. The molecule has 0 fully saturated rings. The summed E-state index contributed by atoms with van der Waals surface area (Å²) in [4.78, 5) is 0. The molecule has 0 amide bonds. The second-order valence-electron chi connectivity index (χ2n) is 4.68. The van der Waals surface area contributed by atoms with Crippen LogP contribution in [0.2, 0.25) is 0 Å². The Balaban J connectivity index is 0.00000256. The first kappa shape index (κ1) is 16.6. The molecule has 0 unspecified atom stereocenters. The molecule has 0 spiro atoms. The van der Waals surface area contributed by atoms with Gasteiger partial charge in [0.1, 0.15) is 5.75 Å². The van der Waals surface area contributed by atoms with Crippen LogP contribution >= 0.6 is 24.2 Å². The summed E-state index contributed by atoms with van der Waals surface area (Å²) in [7, 11) is 1.69. The lowest BCUT2D eigenvalue weighted by molar-refractivity contribution is 0.414. The monoisotopic (exact) mass is 275 g/mol. The van der Waals surface area contributed by atoms with Gasteiger partial charge in [-0.05, 0) is 17.7 Å². The average Bonchev–Trinajstić information content (AvgIpc) is 2.24. The summed E-state index contributed by atoms with van der Waals surface area (Å²) in [5.41, 5.74) is 1.29. The van der Waals surface area contributed by atoms with Gasteiger partial charge in [-0.1, -0.05) is 32.9 Å². The first-order chi connectivity index (χ1) is 7.51. The molecule has 1 N–H and O–H groups in total. The first-order valence-electron chi connectivity index (χ1n) is 5.49. The third kappa shape index (κ3) is 7.53. The molecular formula is C13H22ClNOS. The van der Waals surface area contributed by atoms with Crippen molar-refractivity contribution in [3.8, 4) is 5.75 Å². The molecule has 4 heteroatoms. The first-order valence-corrected chi connectivity index (χ1v) is 6.47. The van der Waals surface area contributed by atoms with Crippen molar-refractivity contribution in [2.75, 3.05) is 13.0 Å². The van der Waals surface area contributed by atoms with E-state index in [9.17, 15) is 0 Å². The van der Waals surface area contributed by atoms with Gasteiger partial charge in [-0.2, -0.15) is 0 Å². The minimum absolute atomic E-state index is 0. The zero-order chi connectivity index (χ0) is 12.0. The number of hydrogen-bond acceptors (Lipinski definition) is 3. The molecule has 0 atom stereocenters. The second kappa shape index (κ2) is 7.85. The smallest absolute Gasteiger partial charge is 0.118 e. The Morgan fingerprint density at radius 1 is 1.18 bits per heavy atom. The Morgan fingerprint density at radius 2 is 1.76 bits per heavy atom. The van der Waals surface area contributed by atoms with Crippen LogP contribution in [0.15, 0.2) is 24.3 Å². The molecule has 1 aromatic rings. The summed E-state index contributed by atoms with van der Waals surface area (Å²) in [6.45, 7) is 7.60. The standard InChI is InChI=1S/C13H21NOS.ClH/c1-13(2,3)16-10-14-9-11-5-7-12(15-4)8-6-11;/h5-8,14H,9-10H2,1-4H3;1H. The molecule has 0 aliphatic rings. The lowest BCUT2D eigenvalue weighted by Crippen LogP contribution is -2.18. The highest BCUT2D eigenvalue weighted by molar-refractivity contribution is 8.00. The number of thioether (sulfide) groups is 1. The van der Waals surface area contributed by atoms with Gasteiger partial charge in [-0.15, -0.1) is 24.2 Å². The van der Waals surface area contributed by atoms with Crippen LogP contribution < -0.4 is 10.1 Å². The minimum atomic E-state index is 0. The fraction of sp³-hybridized carbons (Fsp3) is 0.538. The number of nitrogens with one attached hydrogen (secondary N) is 1. The highest BCUT2D eigenvalue weighted by Crippen LogP contribution is 2.21. The van der Waals surface area contributed by atoms with E-state index in [1.54, 1.807) is 7.11 Å². The quantitative estimate of drug-likeness (QED) is 0.654. The summed E-state index contributed by atoms with van der Waals surface area (Å²) in [6.07, 6.45) is 0. The van der Waals surface area contributed by atoms with Crippen LogP contribution in [0.1, 0.15) is 26.3 Å². The Kier molecular flexibility index (Phi) is 7.68. The van der Waals surface area contributed by atoms with E-state index in [4.69, 9.17) is 4.74 Å². The molecule has 0 bridgehead atoms. The van der Waals surface area contributed by atoms with Gasteiger partial charge in [0, 0.05) is 17.2 Å². The number of hydrogen-bond donors (Lipinski definition) is 1. The maximum atomic E-state index is 5.11. The molecule has 2 nitrogen and oxygen atoms in total. The Labute approximate surface area is 115 Å². The van der Waals surface area contributed by atoms with Crippen LogP contribution in [0, 0.1) is 0 Å². The van der Waals surface area contributed by atoms with Gasteiger partial charge in [0.05, 0.1) is 7.11 Å². The number of ether oxygens (including phenoxy) is 1. The van der Waals surface area contributed by atoms with Crippen LogP contribution in [0.25, 0.3) is 0 Å². The average molecular weight is 276 g/mol. The zero-order valence-electron chi connectivity index (χ0n) is 10.9. The van der Waals surface area contributed by atoms with E-state index >= 15 is 0 Å². The van der Waals surface area contributed by atoms with Gasteiger partial charge in [0.2, 0.25) is 0 Å². The molecule has 0 heterocycles. The summed E-state index contributed by atoms with van der Waals surface area (Å²) in [5.74, 6) is 1.89. The van der Waals surface area contributed by atoms with Crippen LogP contribution in [0.4, 0.5) is 0 Å². The van der Waals surface area contributed by atoms with Gasteiger partial charge in [0.25, 0.3) is 0 Å².